The Morgan fingerprint density at radius 3 is 2.47 bits per heavy atom. The zero-order valence-corrected chi connectivity index (χ0v) is 12.7. The van der Waals surface area contributed by atoms with Crippen molar-refractivity contribution in [2.45, 2.75) is 70.0 Å². The van der Waals surface area contributed by atoms with Crippen molar-refractivity contribution in [2.75, 3.05) is 26.3 Å². The lowest BCUT2D eigenvalue weighted by Gasteiger charge is -2.51. The Kier molecular flexibility index (Phi) is 4.16. The van der Waals surface area contributed by atoms with Gasteiger partial charge >= 0.3 is 0 Å². The quantitative estimate of drug-likeness (QED) is 0.830. The summed E-state index contributed by atoms with van der Waals surface area (Å²) in [6.07, 6.45) is 8.08. The molecule has 110 valence electrons. The van der Waals surface area contributed by atoms with E-state index in [1.54, 1.807) is 0 Å². The second kappa shape index (κ2) is 5.71. The van der Waals surface area contributed by atoms with Crippen LogP contribution in [0.5, 0.6) is 0 Å². The van der Waals surface area contributed by atoms with Crippen molar-refractivity contribution >= 4 is 0 Å². The van der Waals surface area contributed by atoms with Crippen LogP contribution in [0, 0.1) is 5.92 Å². The molecule has 1 saturated carbocycles. The molecule has 1 atom stereocenters. The minimum Gasteiger partial charge on any atom is -0.381 e. The molecule has 0 aromatic rings. The van der Waals surface area contributed by atoms with Gasteiger partial charge < -0.3 is 10.1 Å². The van der Waals surface area contributed by atoms with Crippen LogP contribution in [0.25, 0.3) is 0 Å². The van der Waals surface area contributed by atoms with Gasteiger partial charge in [-0.05, 0) is 31.6 Å². The number of piperazine rings is 1. The summed E-state index contributed by atoms with van der Waals surface area (Å²) in [4.78, 5) is 2.86. The van der Waals surface area contributed by atoms with Crippen LogP contribution in [0.1, 0.15) is 52.4 Å². The maximum Gasteiger partial charge on any atom is 0.0480 e. The average Bonchev–Trinajstić information content (AvgIpc) is 2.87. The van der Waals surface area contributed by atoms with Gasteiger partial charge in [0.15, 0.2) is 0 Å². The highest BCUT2D eigenvalue weighted by Gasteiger charge is 2.43. The molecule has 1 aliphatic carbocycles. The molecule has 3 rings (SSSR count). The summed E-state index contributed by atoms with van der Waals surface area (Å²) in [5, 5.41) is 3.92. The van der Waals surface area contributed by atoms with Gasteiger partial charge in [-0.15, -0.1) is 0 Å². The first-order valence-electron chi connectivity index (χ1n) is 8.29. The van der Waals surface area contributed by atoms with Gasteiger partial charge in [-0.2, -0.15) is 0 Å². The van der Waals surface area contributed by atoms with Crippen molar-refractivity contribution < 1.29 is 4.74 Å². The molecule has 2 aliphatic heterocycles. The van der Waals surface area contributed by atoms with E-state index in [1.807, 2.05) is 0 Å². The zero-order valence-electron chi connectivity index (χ0n) is 12.7. The predicted octanol–water partition coefficient (Wildman–Crippen LogP) is 2.41. The molecule has 3 heteroatoms. The van der Waals surface area contributed by atoms with E-state index in [4.69, 9.17) is 4.74 Å². The van der Waals surface area contributed by atoms with E-state index in [0.29, 0.717) is 11.6 Å². The van der Waals surface area contributed by atoms with Crippen LogP contribution in [0.15, 0.2) is 0 Å². The fourth-order valence-corrected chi connectivity index (χ4v) is 4.38. The van der Waals surface area contributed by atoms with Crippen LogP contribution < -0.4 is 5.32 Å². The lowest BCUT2D eigenvalue weighted by Crippen LogP contribution is -2.66. The molecular formula is C16H30N2O. The molecule has 3 aliphatic rings. The zero-order chi connectivity index (χ0) is 13.3. The summed E-state index contributed by atoms with van der Waals surface area (Å²) in [7, 11) is 0. The van der Waals surface area contributed by atoms with E-state index in [-0.39, 0.29) is 0 Å². The van der Waals surface area contributed by atoms with Crippen LogP contribution >= 0.6 is 0 Å². The van der Waals surface area contributed by atoms with Crippen LogP contribution in [0.3, 0.4) is 0 Å². The molecule has 1 N–H and O–H groups in total. The van der Waals surface area contributed by atoms with Crippen LogP contribution in [-0.2, 0) is 4.74 Å². The highest BCUT2D eigenvalue weighted by Crippen LogP contribution is 2.36. The Labute approximate surface area is 118 Å². The summed E-state index contributed by atoms with van der Waals surface area (Å²) in [5.41, 5.74) is 0.448. The smallest absolute Gasteiger partial charge is 0.0480 e. The predicted molar refractivity (Wildman–Crippen MR) is 78.4 cm³/mol. The van der Waals surface area contributed by atoms with Gasteiger partial charge in [-0.25, -0.2) is 0 Å². The van der Waals surface area contributed by atoms with Gasteiger partial charge in [0.05, 0.1) is 0 Å². The molecule has 0 radical (unpaired) electrons. The molecule has 3 nitrogen and oxygen atoms in total. The maximum atomic E-state index is 5.56. The third-order valence-electron chi connectivity index (χ3n) is 5.59. The van der Waals surface area contributed by atoms with Gasteiger partial charge in [-0.3, -0.25) is 4.90 Å². The van der Waals surface area contributed by atoms with Crippen molar-refractivity contribution in [3.05, 3.63) is 0 Å². The van der Waals surface area contributed by atoms with Crippen molar-refractivity contribution in [2.24, 2.45) is 5.92 Å². The van der Waals surface area contributed by atoms with E-state index in [9.17, 15) is 0 Å². The van der Waals surface area contributed by atoms with E-state index < -0.39 is 0 Å². The van der Waals surface area contributed by atoms with E-state index in [1.165, 1.54) is 51.6 Å². The van der Waals surface area contributed by atoms with Gasteiger partial charge in [0.2, 0.25) is 0 Å². The minimum absolute atomic E-state index is 0.448. The monoisotopic (exact) mass is 266 g/mol. The molecule has 1 unspecified atom stereocenters. The Bertz CT molecular complexity index is 293. The Morgan fingerprint density at radius 2 is 1.84 bits per heavy atom. The second-order valence-corrected chi connectivity index (χ2v) is 7.20. The third-order valence-corrected chi connectivity index (χ3v) is 5.59. The van der Waals surface area contributed by atoms with E-state index >= 15 is 0 Å². The molecule has 3 fully saturated rings. The molecule has 0 amide bonds. The second-order valence-electron chi connectivity index (χ2n) is 7.20. The first kappa shape index (κ1) is 13.8. The van der Waals surface area contributed by atoms with Gasteiger partial charge in [0, 0.05) is 43.9 Å². The topological polar surface area (TPSA) is 24.5 Å². The number of nitrogens with one attached hydrogen (secondary N) is 1. The fraction of sp³-hybridized carbons (Fsp3) is 1.00. The van der Waals surface area contributed by atoms with Crippen LogP contribution in [0.4, 0.5) is 0 Å². The number of nitrogens with zero attached hydrogens (tertiary/aromatic N) is 1. The molecule has 0 aromatic carbocycles. The molecular weight excluding hydrogens is 236 g/mol. The normalized spacial score (nSPS) is 33.3. The summed E-state index contributed by atoms with van der Waals surface area (Å²) in [5.74, 6) is 0.745. The first-order chi connectivity index (χ1) is 9.20. The Hall–Kier alpha value is -0.120. The lowest BCUT2D eigenvalue weighted by molar-refractivity contribution is -0.0271. The van der Waals surface area contributed by atoms with Crippen molar-refractivity contribution in [3.63, 3.8) is 0 Å². The largest absolute Gasteiger partial charge is 0.381 e. The first-order valence-corrected chi connectivity index (χ1v) is 8.29. The van der Waals surface area contributed by atoms with Crippen LogP contribution in [-0.4, -0.2) is 48.8 Å². The highest BCUT2D eigenvalue weighted by atomic mass is 16.5. The van der Waals surface area contributed by atoms with Gasteiger partial charge in [0.1, 0.15) is 0 Å². The average molecular weight is 266 g/mol. The fourth-order valence-electron chi connectivity index (χ4n) is 4.38. The highest BCUT2D eigenvalue weighted by molar-refractivity contribution is 5.03. The summed E-state index contributed by atoms with van der Waals surface area (Å²) in [6.45, 7) is 9.16. The van der Waals surface area contributed by atoms with Gasteiger partial charge in [0.25, 0.3) is 0 Å². The number of hydrogen-bond donors (Lipinski definition) is 1. The molecule has 2 heterocycles. The standard InChI is InChI=1S/C16H30N2O/c1-13(2)15-11-17-16(7-3-4-8-16)12-18(15)14-5-9-19-10-6-14/h13-15,17H,3-12H2,1-2H3. The lowest BCUT2D eigenvalue weighted by atomic mass is 9.87. The van der Waals surface area contributed by atoms with Crippen molar-refractivity contribution in [1.82, 2.24) is 10.2 Å². The number of rotatable bonds is 2. The SMILES string of the molecule is CC(C)C1CNC2(CCCC2)CN1C1CCOCC1. The summed E-state index contributed by atoms with van der Waals surface area (Å²) >= 11 is 0. The van der Waals surface area contributed by atoms with Crippen LogP contribution in [0.2, 0.25) is 0 Å². The molecule has 19 heavy (non-hydrogen) atoms. The van der Waals surface area contributed by atoms with E-state index in [2.05, 4.69) is 24.1 Å². The minimum atomic E-state index is 0.448. The third kappa shape index (κ3) is 2.84. The Balaban J connectivity index is 1.73. The van der Waals surface area contributed by atoms with Gasteiger partial charge in [-0.1, -0.05) is 26.7 Å². The number of ether oxygens (including phenoxy) is 1. The Morgan fingerprint density at radius 1 is 1.16 bits per heavy atom. The van der Waals surface area contributed by atoms with Crippen molar-refractivity contribution in [3.8, 4) is 0 Å². The number of hydrogen-bond acceptors (Lipinski definition) is 3. The molecule has 1 spiro atoms. The molecule has 2 saturated heterocycles. The summed E-state index contributed by atoms with van der Waals surface area (Å²) in [6, 6.07) is 1.48. The summed E-state index contributed by atoms with van der Waals surface area (Å²) < 4.78 is 5.56. The molecule has 0 bridgehead atoms. The maximum absolute atomic E-state index is 5.56. The molecule has 0 aromatic heterocycles. The van der Waals surface area contributed by atoms with Crippen molar-refractivity contribution in [1.29, 1.82) is 0 Å². The van der Waals surface area contributed by atoms with E-state index in [0.717, 1.165) is 25.2 Å².